The normalized spacial score (nSPS) is 19.7. The lowest BCUT2D eigenvalue weighted by Gasteiger charge is -2.49. The van der Waals surface area contributed by atoms with Crippen molar-refractivity contribution in [1.82, 2.24) is 10.2 Å². The lowest BCUT2D eigenvalue weighted by Crippen LogP contribution is -2.70. The zero-order chi connectivity index (χ0) is 22.7. The number of ether oxygens (including phenoxy) is 1. The Morgan fingerprint density at radius 3 is 2.41 bits per heavy atom. The van der Waals surface area contributed by atoms with Crippen LogP contribution in [0.25, 0.3) is 0 Å². The third-order valence-corrected chi connectivity index (χ3v) is 6.73. The van der Waals surface area contributed by atoms with Crippen LogP contribution in [-0.2, 0) is 25.5 Å². The smallest absolute Gasteiger partial charge is 0.355 e. The fraction of sp³-hybridized carbons (Fsp3) is 0.250. The minimum absolute atomic E-state index is 0.160. The van der Waals surface area contributed by atoms with Crippen molar-refractivity contribution in [1.29, 1.82) is 0 Å². The Morgan fingerprint density at radius 2 is 1.72 bits per heavy atom. The van der Waals surface area contributed by atoms with E-state index in [2.05, 4.69) is 5.32 Å². The number of thioether (sulfide) groups is 1. The maximum absolute atomic E-state index is 12.8. The van der Waals surface area contributed by atoms with Crippen molar-refractivity contribution in [2.75, 3.05) is 12.4 Å². The van der Waals surface area contributed by atoms with Gasteiger partial charge in [-0.05, 0) is 18.1 Å². The van der Waals surface area contributed by atoms with Gasteiger partial charge in [0.15, 0.2) is 12.4 Å². The molecule has 1 N–H and O–H groups in total. The number of benzene rings is 2. The number of hydrogen-bond acceptors (Lipinski definition) is 6. The van der Waals surface area contributed by atoms with Crippen LogP contribution in [-0.4, -0.2) is 52.2 Å². The maximum Gasteiger partial charge on any atom is 0.355 e. The molecule has 0 aliphatic carbocycles. The standard InChI is InChI=1S/C24H22N2O5S/c1-15-14-32-23-20(25-19(28)12-16-8-4-2-5-9-16)22(29)26(23)21(15)24(30)31-13-18(27)17-10-6-3-7-11-17/h2-11,20,23H,12-14H2,1H3,(H,25,28)/t20?,23-/m1/s1. The molecule has 0 saturated carbocycles. The van der Waals surface area contributed by atoms with E-state index in [-0.39, 0.29) is 35.1 Å². The molecule has 2 aliphatic heterocycles. The number of carbonyl (C=O) groups excluding carboxylic acids is 4. The van der Waals surface area contributed by atoms with Crippen LogP contribution in [0.2, 0.25) is 0 Å². The van der Waals surface area contributed by atoms with Gasteiger partial charge in [-0.15, -0.1) is 11.8 Å². The zero-order valence-electron chi connectivity index (χ0n) is 17.4. The Balaban J connectivity index is 1.37. The molecule has 0 bridgehead atoms. The summed E-state index contributed by atoms with van der Waals surface area (Å²) in [6, 6.07) is 17.1. The largest absolute Gasteiger partial charge is 0.453 e. The van der Waals surface area contributed by atoms with E-state index in [0.29, 0.717) is 16.9 Å². The highest BCUT2D eigenvalue weighted by molar-refractivity contribution is 8.00. The molecule has 2 aromatic rings. The molecule has 32 heavy (non-hydrogen) atoms. The van der Waals surface area contributed by atoms with E-state index in [1.807, 2.05) is 30.3 Å². The maximum atomic E-state index is 12.8. The number of carbonyl (C=O) groups is 4. The molecule has 2 heterocycles. The van der Waals surface area contributed by atoms with E-state index in [4.69, 9.17) is 4.74 Å². The lowest BCUT2D eigenvalue weighted by molar-refractivity contribution is -0.152. The number of rotatable bonds is 7. The van der Waals surface area contributed by atoms with Crippen molar-refractivity contribution in [2.45, 2.75) is 24.8 Å². The fourth-order valence-electron chi connectivity index (χ4n) is 3.67. The van der Waals surface area contributed by atoms with Crippen molar-refractivity contribution in [3.05, 3.63) is 83.1 Å². The summed E-state index contributed by atoms with van der Waals surface area (Å²) in [6.45, 7) is 1.35. The van der Waals surface area contributed by atoms with Crippen LogP contribution in [0.15, 0.2) is 71.9 Å². The summed E-state index contributed by atoms with van der Waals surface area (Å²) in [5.41, 5.74) is 2.16. The Kier molecular flexibility index (Phi) is 6.41. The Hall–Kier alpha value is -3.39. The van der Waals surface area contributed by atoms with Gasteiger partial charge in [0.1, 0.15) is 17.1 Å². The van der Waals surface area contributed by atoms with Gasteiger partial charge in [0, 0.05) is 11.3 Å². The van der Waals surface area contributed by atoms with E-state index >= 15 is 0 Å². The number of hydrogen-bond donors (Lipinski definition) is 1. The van der Waals surface area contributed by atoms with Crippen LogP contribution in [0.1, 0.15) is 22.8 Å². The predicted molar refractivity (Wildman–Crippen MR) is 120 cm³/mol. The number of esters is 1. The van der Waals surface area contributed by atoms with Crippen LogP contribution in [0.5, 0.6) is 0 Å². The third kappa shape index (κ3) is 4.45. The summed E-state index contributed by atoms with van der Waals surface area (Å²) in [5, 5.41) is 2.40. The number of nitrogens with zero attached hydrogens (tertiary/aromatic N) is 1. The van der Waals surface area contributed by atoms with Crippen molar-refractivity contribution < 1.29 is 23.9 Å². The molecular weight excluding hydrogens is 428 g/mol. The van der Waals surface area contributed by atoms with Crippen molar-refractivity contribution in [2.24, 2.45) is 0 Å². The molecule has 0 aromatic heterocycles. The first-order valence-corrected chi connectivity index (χ1v) is 11.2. The fourth-order valence-corrected chi connectivity index (χ4v) is 4.97. The monoisotopic (exact) mass is 450 g/mol. The van der Waals surface area contributed by atoms with Crippen molar-refractivity contribution in [3.8, 4) is 0 Å². The van der Waals surface area contributed by atoms with Gasteiger partial charge in [0.2, 0.25) is 5.91 Å². The summed E-state index contributed by atoms with van der Waals surface area (Å²) in [7, 11) is 0. The van der Waals surface area contributed by atoms with Gasteiger partial charge in [0.25, 0.3) is 5.91 Å². The highest BCUT2D eigenvalue weighted by atomic mass is 32.2. The van der Waals surface area contributed by atoms with Gasteiger partial charge < -0.3 is 10.1 Å². The van der Waals surface area contributed by atoms with Gasteiger partial charge in [0.05, 0.1) is 6.42 Å². The number of fused-ring (bicyclic) bond motifs is 1. The van der Waals surface area contributed by atoms with Crippen LogP contribution in [0, 0.1) is 0 Å². The molecule has 0 radical (unpaired) electrons. The van der Waals surface area contributed by atoms with E-state index in [1.165, 1.54) is 16.7 Å². The first-order valence-electron chi connectivity index (χ1n) is 10.2. The molecule has 2 aliphatic rings. The number of ketones is 1. The SMILES string of the molecule is CC1=C(C(=O)OCC(=O)c2ccccc2)N2C(=O)C(NC(=O)Cc3ccccc3)[C@H]2SC1. The van der Waals surface area contributed by atoms with E-state index in [0.717, 1.165) is 5.56 Å². The summed E-state index contributed by atoms with van der Waals surface area (Å²) in [6.07, 6.45) is 0.174. The molecule has 164 valence electrons. The average Bonchev–Trinajstić information content (AvgIpc) is 2.81. The van der Waals surface area contributed by atoms with Gasteiger partial charge >= 0.3 is 5.97 Å². The second-order valence-electron chi connectivity index (χ2n) is 7.61. The highest BCUT2D eigenvalue weighted by Gasteiger charge is 2.53. The van der Waals surface area contributed by atoms with Gasteiger partial charge in [-0.2, -0.15) is 0 Å². The molecule has 2 aromatic carbocycles. The molecule has 1 unspecified atom stereocenters. The second-order valence-corrected chi connectivity index (χ2v) is 8.72. The summed E-state index contributed by atoms with van der Waals surface area (Å²) in [5.74, 6) is -1.11. The molecule has 2 atom stereocenters. The lowest BCUT2D eigenvalue weighted by atomic mass is 10.0. The number of nitrogens with one attached hydrogen (secondary N) is 1. The molecule has 1 fully saturated rings. The zero-order valence-corrected chi connectivity index (χ0v) is 18.3. The van der Waals surface area contributed by atoms with Crippen molar-refractivity contribution >= 4 is 35.3 Å². The van der Waals surface area contributed by atoms with Crippen molar-refractivity contribution in [3.63, 3.8) is 0 Å². The van der Waals surface area contributed by atoms with E-state index in [9.17, 15) is 19.2 Å². The third-order valence-electron chi connectivity index (χ3n) is 5.31. The van der Waals surface area contributed by atoms with Gasteiger partial charge in [-0.1, -0.05) is 60.7 Å². The number of amides is 2. The topological polar surface area (TPSA) is 92.8 Å². The van der Waals surface area contributed by atoms with Gasteiger partial charge in [-0.25, -0.2) is 4.79 Å². The summed E-state index contributed by atoms with van der Waals surface area (Å²) in [4.78, 5) is 51.5. The first kappa shape index (κ1) is 21.8. The summed E-state index contributed by atoms with van der Waals surface area (Å²) < 4.78 is 5.23. The van der Waals surface area contributed by atoms with Crippen LogP contribution in [0.3, 0.4) is 0 Å². The van der Waals surface area contributed by atoms with Crippen LogP contribution in [0.4, 0.5) is 0 Å². The first-order chi connectivity index (χ1) is 15.5. The molecule has 7 nitrogen and oxygen atoms in total. The van der Waals surface area contributed by atoms with Gasteiger partial charge in [-0.3, -0.25) is 19.3 Å². The minimum Gasteiger partial charge on any atom is -0.453 e. The molecule has 1 saturated heterocycles. The Bertz CT molecular complexity index is 1080. The molecule has 2 amide bonds. The number of β-lactam (4-membered cyclic amide) rings is 1. The predicted octanol–water partition coefficient (Wildman–Crippen LogP) is 2.33. The highest BCUT2D eigenvalue weighted by Crippen LogP contribution is 2.40. The molecular formula is C24H22N2O5S. The second kappa shape index (κ2) is 9.40. The Morgan fingerprint density at radius 1 is 1.06 bits per heavy atom. The summed E-state index contributed by atoms with van der Waals surface area (Å²) >= 11 is 1.48. The average molecular weight is 451 g/mol. The minimum atomic E-state index is -0.709. The van der Waals surface area contributed by atoms with Crippen LogP contribution >= 0.6 is 11.8 Å². The number of Topliss-reactive ketones (excluding diaryl/α,β-unsaturated/α-hetero) is 1. The molecule has 0 spiro atoms. The molecule has 4 rings (SSSR count). The van der Waals surface area contributed by atoms with E-state index < -0.39 is 18.6 Å². The molecule has 8 heteroatoms. The quantitative estimate of drug-likeness (QED) is 0.395. The van der Waals surface area contributed by atoms with Crippen LogP contribution < -0.4 is 5.32 Å². The van der Waals surface area contributed by atoms with E-state index in [1.54, 1.807) is 37.3 Å². The Labute approximate surface area is 189 Å².